The number of rotatable bonds is 5. The van der Waals surface area contributed by atoms with E-state index in [4.69, 9.17) is 0 Å². The number of amides is 1. The van der Waals surface area contributed by atoms with Gasteiger partial charge in [-0.05, 0) is 44.6 Å². The van der Waals surface area contributed by atoms with Crippen molar-refractivity contribution in [1.29, 1.82) is 0 Å². The molecule has 0 spiro atoms. The van der Waals surface area contributed by atoms with E-state index in [9.17, 15) is 14.9 Å². The fourth-order valence-corrected chi connectivity index (χ4v) is 3.91. The molecule has 1 saturated heterocycles. The second-order valence-corrected chi connectivity index (χ2v) is 7.27. The van der Waals surface area contributed by atoms with Crippen molar-refractivity contribution < 1.29 is 9.72 Å². The van der Waals surface area contributed by atoms with Crippen molar-refractivity contribution >= 4 is 17.4 Å². The van der Waals surface area contributed by atoms with E-state index in [2.05, 4.69) is 15.2 Å². The number of hydrogen-bond acceptors (Lipinski definition) is 5. The number of hydrogen-bond donors (Lipinski definition) is 1. The molecule has 3 rings (SSSR count). The summed E-state index contributed by atoms with van der Waals surface area (Å²) >= 11 is 0. The first-order valence-corrected chi connectivity index (χ1v) is 9.18. The first-order chi connectivity index (χ1) is 12.0. The second-order valence-electron chi connectivity index (χ2n) is 7.27. The molecule has 0 aromatic carbocycles. The highest BCUT2D eigenvalue weighted by Crippen LogP contribution is 2.28. The van der Waals surface area contributed by atoms with Gasteiger partial charge in [0.25, 0.3) is 5.69 Å². The minimum Gasteiger partial charge on any atom is -0.356 e. The van der Waals surface area contributed by atoms with Crippen LogP contribution in [0.5, 0.6) is 0 Å². The van der Waals surface area contributed by atoms with Gasteiger partial charge in [0, 0.05) is 31.1 Å². The Morgan fingerprint density at radius 3 is 2.60 bits per heavy atom. The number of aromatic nitrogens is 1. The first-order valence-electron chi connectivity index (χ1n) is 9.18. The minimum absolute atomic E-state index is 0.0535. The van der Waals surface area contributed by atoms with Crippen LogP contribution in [0.4, 0.5) is 11.5 Å². The van der Waals surface area contributed by atoms with Gasteiger partial charge in [0.2, 0.25) is 5.91 Å². The number of aryl methyl sites for hydroxylation is 1. The SMILES string of the molecule is Cc1cc(N2CCC(NC(=O)CC3CCCC3)CC2)ncc1[N+](=O)[O-]. The molecule has 2 fully saturated rings. The molecule has 1 aromatic heterocycles. The molecule has 1 saturated carbocycles. The Morgan fingerprint density at radius 1 is 1.32 bits per heavy atom. The highest BCUT2D eigenvalue weighted by molar-refractivity contribution is 5.76. The average Bonchev–Trinajstić information content (AvgIpc) is 3.08. The van der Waals surface area contributed by atoms with Gasteiger partial charge in [-0.1, -0.05) is 12.8 Å². The number of pyridine rings is 1. The van der Waals surface area contributed by atoms with Crippen molar-refractivity contribution in [2.45, 2.75) is 57.9 Å². The summed E-state index contributed by atoms with van der Waals surface area (Å²) in [4.78, 5) is 29.0. The molecule has 1 amide bonds. The van der Waals surface area contributed by atoms with Gasteiger partial charge in [0.1, 0.15) is 12.0 Å². The summed E-state index contributed by atoms with van der Waals surface area (Å²) in [5, 5.41) is 14.1. The Bertz CT molecular complexity index is 635. The van der Waals surface area contributed by atoms with Gasteiger partial charge in [0.15, 0.2) is 0 Å². The number of nitrogens with zero attached hydrogens (tertiary/aromatic N) is 3. The van der Waals surface area contributed by atoms with Crippen molar-refractivity contribution in [1.82, 2.24) is 10.3 Å². The Balaban J connectivity index is 1.49. The van der Waals surface area contributed by atoms with E-state index < -0.39 is 4.92 Å². The Labute approximate surface area is 148 Å². The van der Waals surface area contributed by atoms with E-state index in [-0.39, 0.29) is 17.6 Å². The zero-order chi connectivity index (χ0) is 17.8. The molecule has 0 unspecified atom stereocenters. The van der Waals surface area contributed by atoms with Crippen LogP contribution in [-0.2, 0) is 4.79 Å². The highest BCUT2D eigenvalue weighted by atomic mass is 16.6. The van der Waals surface area contributed by atoms with Crippen LogP contribution in [0.15, 0.2) is 12.3 Å². The third-order valence-electron chi connectivity index (χ3n) is 5.40. The predicted octanol–water partition coefficient (Wildman–Crippen LogP) is 2.96. The zero-order valence-electron chi connectivity index (χ0n) is 14.7. The van der Waals surface area contributed by atoms with Crippen LogP contribution in [0.1, 0.15) is 50.5 Å². The number of piperidine rings is 1. The normalized spacial score (nSPS) is 19.2. The summed E-state index contributed by atoms with van der Waals surface area (Å²) in [5.41, 5.74) is 0.680. The van der Waals surface area contributed by atoms with E-state index in [0.29, 0.717) is 17.9 Å². The van der Waals surface area contributed by atoms with Crippen LogP contribution < -0.4 is 10.2 Å². The third-order valence-corrected chi connectivity index (χ3v) is 5.40. The van der Waals surface area contributed by atoms with Gasteiger partial charge >= 0.3 is 0 Å². The summed E-state index contributed by atoms with van der Waals surface area (Å²) in [6.07, 6.45) is 8.68. The summed E-state index contributed by atoms with van der Waals surface area (Å²) < 4.78 is 0. The van der Waals surface area contributed by atoms with Crippen LogP contribution in [0, 0.1) is 23.0 Å². The molecule has 1 aliphatic heterocycles. The largest absolute Gasteiger partial charge is 0.356 e. The molecule has 7 heteroatoms. The first kappa shape index (κ1) is 17.6. The van der Waals surface area contributed by atoms with Crippen LogP contribution in [0.25, 0.3) is 0 Å². The molecule has 0 radical (unpaired) electrons. The van der Waals surface area contributed by atoms with Gasteiger partial charge in [-0.25, -0.2) is 4.98 Å². The van der Waals surface area contributed by atoms with Crippen LogP contribution >= 0.6 is 0 Å². The number of carbonyl (C=O) groups excluding carboxylic acids is 1. The van der Waals surface area contributed by atoms with Gasteiger partial charge in [0.05, 0.1) is 4.92 Å². The molecule has 0 atom stereocenters. The van der Waals surface area contributed by atoms with E-state index >= 15 is 0 Å². The van der Waals surface area contributed by atoms with Crippen molar-refractivity contribution in [3.8, 4) is 0 Å². The van der Waals surface area contributed by atoms with Crippen molar-refractivity contribution in [2.75, 3.05) is 18.0 Å². The highest BCUT2D eigenvalue weighted by Gasteiger charge is 2.24. The maximum absolute atomic E-state index is 12.2. The topological polar surface area (TPSA) is 88.4 Å². The molecule has 1 aliphatic carbocycles. The Morgan fingerprint density at radius 2 is 2.00 bits per heavy atom. The van der Waals surface area contributed by atoms with Crippen LogP contribution in [0.3, 0.4) is 0 Å². The fourth-order valence-electron chi connectivity index (χ4n) is 3.91. The smallest absolute Gasteiger partial charge is 0.290 e. The number of carbonyl (C=O) groups is 1. The quantitative estimate of drug-likeness (QED) is 0.654. The second kappa shape index (κ2) is 7.80. The standard InChI is InChI=1S/C18H26N4O3/c1-13-10-17(19-12-16(13)22(24)25)21-8-6-15(7-9-21)20-18(23)11-14-4-2-3-5-14/h10,12,14-15H,2-9,11H2,1H3,(H,20,23). The van der Waals surface area contributed by atoms with Gasteiger partial charge in [-0.15, -0.1) is 0 Å². The summed E-state index contributed by atoms with van der Waals surface area (Å²) in [5.74, 6) is 1.54. The van der Waals surface area contributed by atoms with E-state index in [1.54, 1.807) is 13.0 Å². The number of nitrogens with one attached hydrogen (secondary N) is 1. The lowest BCUT2D eigenvalue weighted by Crippen LogP contribution is -2.45. The monoisotopic (exact) mass is 346 g/mol. The molecule has 2 heterocycles. The molecule has 1 aromatic rings. The molecule has 25 heavy (non-hydrogen) atoms. The van der Waals surface area contributed by atoms with E-state index in [1.165, 1.54) is 31.9 Å². The summed E-state index contributed by atoms with van der Waals surface area (Å²) in [7, 11) is 0. The number of anilines is 1. The summed E-state index contributed by atoms with van der Waals surface area (Å²) in [6.45, 7) is 3.34. The Hall–Kier alpha value is -2.18. The maximum Gasteiger partial charge on any atom is 0.290 e. The molecular weight excluding hydrogens is 320 g/mol. The maximum atomic E-state index is 12.2. The van der Waals surface area contributed by atoms with Gasteiger partial charge < -0.3 is 10.2 Å². The lowest BCUT2D eigenvalue weighted by molar-refractivity contribution is -0.385. The van der Waals surface area contributed by atoms with Gasteiger partial charge in [-0.3, -0.25) is 14.9 Å². The molecular formula is C18H26N4O3. The summed E-state index contributed by atoms with van der Waals surface area (Å²) in [6, 6.07) is 2.00. The third kappa shape index (κ3) is 4.46. The average molecular weight is 346 g/mol. The van der Waals surface area contributed by atoms with Crippen molar-refractivity contribution in [3.63, 3.8) is 0 Å². The van der Waals surface area contributed by atoms with E-state index in [0.717, 1.165) is 31.7 Å². The molecule has 1 N–H and O–H groups in total. The lowest BCUT2D eigenvalue weighted by Gasteiger charge is -2.33. The number of nitro groups is 1. The van der Waals surface area contributed by atoms with E-state index in [1.807, 2.05) is 0 Å². The predicted molar refractivity (Wildman–Crippen MR) is 95.6 cm³/mol. The Kier molecular flexibility index (Phi) is 5.50. The molecule has 7 nitrogen and oxygen atoms in total. The molecule has 0 bridgehead atoms. The van der Waals surface area contributed by atoms with Gasteiger partial charge in [-0.2, -0.15) is 0 Å². The lowest BCUT2D eigenvalue weighted by atomic mass is 10.0. The van der Waals surface area contributed by atoms with Crippen molar-refractivity contribution in [2.24, 2.45) is 5.92 Å². The molecule has 2 aliphatic rings. The zero-order valence-corrected chi connectivity index (χ0v) is 14.7. The molecule has 136 valence electrons. The minimum atomic E-state index is -0.405. The van der Waals surface area contributed by atoms with Crippen molar-refractivity contribution in [3.05, 3.63) is 27.9 Å². The fraction of sp³-hybridized carbons (Fsp3) is 0.667. The van der Waals surface area contributed by atoms with Crippen LogP contribution in [0.2, 0.25) is 0 Å². The van der Waals surface area contributed by atoms with Crippen LogP contribution in [-0.4, -0.2) is 34.9 Å².